The number of piperazine rings is 1. The van der Waals surface area contributed by atoms with Crippen molar-refractivity contribution in [1.29, 1.82) is 0 Å². The number of nitrogens with zero attached hydrogens (tertiary/aromatic N) is 3. The van der Waals surface area contributed by atoms with E-state index in [2.05, 4.69) is 18.2 Å². The molecule has 2 saturated heterocycles. The Hall–Kier alpha value is -3.72. The van der Waals surface area contributed by atoms with E-state index in [9.17, 15) is 19.2 Å². The van der Waals surface area contributed by atoms with Gasteiger partial charge in [0.2, 0.25) is 17.7 Å². The number of benzene rings is 2. The number of amides is 3. The highest BCUT2D eigenvalue weighted by Crippen LogP contribution is 2.52. The minimum Gasteiger partial charge on any atom is -0.468 e. The Morgan fingerprint density at radius 3 is 2.35 bits per heavy atom. The van der Waals surface area contributed by atoms with Crippen LogP contribution in [-0.2, 0) is 35.2 Å². The number of hydrogen-bond acceptors (Lipinski definition) is 6. The minimum atomic E-state index is -1.22. The van der Waals surface area contributed by atoms with E-state index in [4.69, 9.17) is 9.47 Å². The summed E-state index contributed by atoms with van der Waals surface area (Å²) in [5.41, 5.74) is 0.415. The Morgan fingerprint density at radius 2 is 1.63 bits per heavy atom. The second kappa shape index (κ2) is 12.5. The van der Waals surface area contributed by atoms with Gasteiger partial charge in [0.05, 0.1) is 25.9 Å². The van der Waals surface area contributed by atoms with Gasteiger partial charge in [-0.3, -0.25) is 19.2 Å². The molecule has 0 aromatic heterocycles. The third-order valence-corrected chi connectivity index (χ3v) is 11.2. The maximum Gasteiger partial charge on any atom is 0.320 e. The van der Waals surface area contributed by atoms with E-state index in [0.29, 0.717) is 37.8 Å². The van der Waals surface area contributed by atoms with Crippen LogP contribution in [0, 0.1) is 23.2 Å². The monoisotopic (exact) mass is 627 g/mol. The molecule has 2 aliphatic carbocycles. The summed E-state index contributed by atoms with van der Waals surface area (Å²) in [6.45, 7) is 4.13. The fourth-order valence-electron chi connectivity index (χ4n) is 8.42. The number of likely N-dealkylation sites (tertiary alicyclic amines) is 1. The number of carbonyl (C=O) groups is 4. The Balaban J connectivity index is 1.22. The van der Waals surface area contributed by atoms with E-state index in [1.165, 1.54) is 7.11 Å². The zero-order valence-electron chi connectivity index (χ0n) is 27.0. The lowest BCUT2D eigenvalue weighted by atomic mass is 9.66. The van der Waals surface area contributed by atoms with Crippen LogP contribution >= 0.6 is 0 Å². The van der Waals surface area contributed by atoms with E-state index >= 15 is 0 Å². The summed E-state index contributed by atoms with van der Waals surface area (Å²) in [6, 6.07) is 14.2. The summed E-state index contributed by atoms with van der Waals surface area (Å²) >= 11 is 0. The number of methoxy groups -OCH3 is 1. The molecule has 2 saturated carbocycles. The number of esters is 1. The van der Waals surface area contributed by atoms with Crippen LogP contribution in [0.15, 0.2) is 54.2 Å². The molecule has 3 aliphatic heterocycles. The van der Waals surface area contributed by atoms with Crippen LogP contribution < -0.4 is 0 Å². The van der Waals surface area contributed by atoms with Gasteiger partial charge in [-0.25, -0.2) is 0 Å². The lowest BCUT2D eigenvalue weighted by molar-refractivity contribution is -0.178. The molecule has 244 valence electrons. The van der Waals surface area contributed by atoms with Crippen molar-refractivity contribution < 1.29 is 28.7 Å². The molecule has 0 spiro atoms. The fourth-order valence-corrected chi connectivity index (χ4v) is 8.42. The summed E-state index contributed by atoms with van der Waals surface area (Å²) < 4.78 is 12.1. The number of ether oxygens (including phenoxy) is 2. The number of hydrogen-bond donors (Lipinski definition) is 0. The molecule has 5 aliphatic rings. The van der Waals surface area contributed by atoms with Gasteiger partial charge in [-0.15, -0.1) is 0 Å². The second-order valence-corrected chi connectivity index (χ2v) is 14.0. The van der Waals surface area contributed by atoms with Crippen molar-refractivity contribution in [2.24, 2.45) is 23.2 Å². The Morgan fingerprint density at radius 1 is 0.935 bits per heavy atom. The molecular weight excluding hydrogens is 582 g/mol. The van der Waals surface area contributed by atoms with Crippen molar-refractivity contribution in [2.45, 2.75) is 77.0 Å². The summed E-state index contributed by atoms with van der Waals surface area (Å²) in [5.74, 6) is -0.740. The van der Waals surface area contributed by atoms with Gasteiger partial charge in [-0.2, -0.15) is 0 Å². The Bertz CT molecular complexity index is 1550. The highest BCUT2D eigenvalue weighted by Gasteiger charge is 2.60. The van der Waals surface area contributed by atoms with Gasteiger partial charge in [0, 0.05) is 50.1 Å². The van der Waals surface area contributed by atoms with Gasteiger partial charge in [-0.1, -0.05) is 55.3 Å². The van der Waals surface area contributed by atoms with E-state index in [1.807, 2.05) is 42.2 Å². The Labute approximate surface area is 270 Å². The SMILES string of the molecule is COC(=O)[C@]12C[C@H](CC(=O)N3CCN(C(=O)C4CC4)CC3)C(=O)N(Cc3cccc4ccccc34)C1=C[C@H](C1CCCC1)O[C@@H]2C. The van der Waals surface area contributed by atoms with Crippen molar-refractivity contribution >= 4 is 34.5 Å². The van der Waals surface area contributed by atoms with Crippen LogP contribution in [0.25, 0.3) is 10.8 Å². The fraction of sp³-hybridized carbons (Fsp3) is 0.568. The lowest BCUT2D eigenvalue weighted by Crippen LogP contribution is -2.60. The molecule has 9 heteroatoms. The van der Waals surface area contributed by atoms with E-state index in [1.54, 1.807) is 9.80 Å². The van der Waals surface area contributed by atoms with Gasteiger partial charge in [0.15, 0.2) is 0 Å². The van der Waals surface area contributed by atoms with Crippen molar-refractivity contribution in [3.8, 4) is 0 Å². The molecule has 46 heavy (non-hydrogen) atoms. The largest absolute Gasteiger partial charge is 0.468 e. The normalized spacial score (nSPS) is 28.7. The quantitative estimate of drug-likeness (QED) is 0.414. The number of piperidine rings is 1. The maximum absolute atomic E-state index is 14.6. The highest BCUT2D eigenvalue weighted by molar-refractivity contribution is 5.93. The van der Waals surface area contributed by atoms with Crippen LogP contribution in [0.5, 0.6) is 0 Å². The smallest absolute Gasteiger partial charge is 0.320 e. The first-order valence-corrected chi connectivity index (χ1v) is 17.1. The third-order valence-electron chi connectivity index (χ3n) is 11.2. The summed E-state index contributed by atoms with van der Waals surface area (Å²) in [7, 11) is 1.39. The summed E-state index contributed by atoms with van der Waals surface area (Å²) in [4.78, 5) is 60.3. The maximum atomic E-state index is 14.6. The molecule has 0 bridgehead atoms. The molecule has 2 aromatic carbocycles. The minimum absolute atomic E-state index is 0.00770. The zero-order chi connectivity index (χ0) is 32.0. The molecular formula is C37H45N3O6. The van der Waals surface area contributed by atoms with Crippen molar-refractivity contribution in [2.75, 3.05) is 33.3 Å². The van der Waals surface area contributed by atoms with E-state index < -0.39 is 23.4 Å². The standard InChI is InChI=1S/C37H45N3O6/c1-24-37(36(44)45-2)22-29(20-33(41)38-16-18-39(19-17-38)34(42)27-14-15-27)35(43)40(32(37)21-31(46-24)26-9-3-4-10-26)23-28-12-7-11-25-8-5-6-13-30(25)28/h5-8,11-13,21,24,26-27,29,31H,3-4,9-10,14-20,22-23H2,1-2H3/t24-,29+,31-,37+/m1/s1. The molecule has 0 unspecified atom stereocenters. The van der Waals surface area contributed by atoms with E-state index in [0.717, 1.165) is 54.9 Å². The van der Waals surface area contributed by atoms with Gasteiger partial charge in [-0.05, 0) is 67.4 Å². The topological polar surface area (TPSA) is 96.5 Å². The van der Waals surface area contributed by atoms with Gasteiger partial charge in [0.1, 0.15) is 5.41 Å². The van der Waals surface area contributed by atoms with Crippen LogP contribution in [0.4, 0.5) is 0 Å². The van der Waals surface area contributed by atoms with Crippen LogP contribution in [0.2, 0.25) is 0 Å². The van der Waals surface area contributed by atoms with Crippen molar-refractivity contribution in [3.05, 3.63) is 59.8 Å². The lowest BCUT2D eigenvalue weighted by Gasteiger charge is -2.52. The molecule has 4 atom stereocenters. The average Bonchev–Trinajstić information content (AvgIpc) is 3.79. The number of rotatable bonds is 7. The number of fused-ring (bicyclic) bond motifs is 2. The first kappa shape index (κ1) is 30.9. The molecule has 9 nitrogen and oxygen atoms in total. The van der Waals surface area contributed by atoms with Gasteiger partial charge >= 0.3 is 5.97 Å². The highest BCUT2D eigenvalue weighted by atomic mass is 16.5. The molecule has 7 rings (SSSR count). The van der Waals surface area contributed by atoms with Gasteiger partial charge in [0.25, 0.3) is 0 Å². The van der Waals surface area contributed by atoms with Crippen LogP contribution in [0.3, 0.4) is 0 Å². The predicted octanol–water partition coefficient (Wildman–Crippen LogP) is 4.68. The second-order valence-electron chi connectivity index (χ2n) is 14.0. The molecule has 0 N–H and O–H groups in total. The van der Waals surface area contributed by atoms with Gasteiger partial charge < -0.3 is 24.2 Å². The first-order chi connectivity index (χ1) is 22.3. The molecule has 2 aromatic rings. The number of carbonyl (C=O) groups excluding carboxylic acids is 4. The predicted molar refractivity (Wildman–Crippen MR) is 172 cm³/mol. The van der Waals surface area contributed by atoms with E-state index in [-0.39, 0.29) is 49.1 Å². The average molecular weight is 628 g/mol. The van der Waals surface area contributed by atoms with Crippen LogP contribution in [-0.4, -0.2) is 83.9 Å². The Kier molecular flexibility index (Phi) is 8.38. The molecule has 0 radical (unpaired) electrons. The van der Waals surface area contributed by atoms with Crippen molar-refractivity contribution in [1.82, 2.24) is 14.7 Å². The summed E-state index contributed by atoms with van der Waals surface area (Å²) in [5, 5.41) is 2.12. The third kappa shape index (κ3) is 5.50. The summed E-state index contributed by atoms with van der Waals surface area (Å²) in [6.07, 6.45) is 7.77. The zero-order valence-corrected chi connectivity index (χ0v) is 27.0. The molecule has 3 heterocycles. The van der Waals surface area contributed by atoms with Crippen molar-refractivity contribution in [3.63, 3.8) is 0 Å². The first-order valence-electron chi connectivity index (χ1n) is 17.1. The van der Waals surface area contributed by atoms with Crippen LogP contribution in [0.1, 0.15) is 63.9 Å². The molecule has 4 fully saturated rings. The molecule has 3 amide bonds.